The topological polar surface area (TPSA) is 142 Å². The SMILES string of the molecule is Cc1nc(SC(C)C(=O)NC(N)=O)c2c(=O)n(C)c(=O)n(CC(C)C)c2n1. The van der Waals surface area contributed by atoms with Crippen molar-refractivity contribution in [1.29, 1.82) is 0 Å². The van der Waals surface area contributed by atoms with E-state index in [1.807, 2.05) is 19.2 Å². The Morgan fingerprint density at radius 1 is 1.22 bits per heavy atom. The van der Waals surface area contributed by atoms with Gasteiger partial charge in [0, 0.05) is 13.6 Å². The fourth-order valence-electron chi connectivity index (χ4n) is 2.50. The van der Waals surface area contributed by atoms with E-state index >= 15 is 0 Å². The first-order valence-electron chi connectivity index (χ1n) is 8.28. The third-order valence-electron chi connectivity index (χ3n) is 3.71. The number of hydrogen-bond donors (Lipinski definition) is 2. The molecule has 2 rings (SSSR count). The van der Waals surface area contributed by atoms with Crippen LogP contribution in [0.4, 0.5) is 4.79 Å². The summed E-state index contributed by atoms with van der Waals surface area (Å²) in [5, 5.41) is 1.68. The van der Waals surface area contributed by atoms with E-state index in [9.17, 15) is 19.2 Å². The van der Waals surface area contributed by atoms with Crippen molar-refractivity contribution >= 4 is 34.7 Å². The Morgan fingerprint density at radius 3 is 2.41 bits per heavy atom. The largest absolute Gasteiger partial charge is 0.351 e. The molecule has 3 amide bonds. The lowest BCUT2D eigenvalue weighted by atomic mass is 10.2. The van der Waals surface area contributed by atoms with Gasteiger partial charge >= 0.3 is 11.7 Å². The van der Waals surface area contributed by atoms with Crippen molar-refractivity contribution in [2.24, 2.45) is 18.7 Å². The van der Waals surface area contributed by atoms with Crippen molar-refractivity contribution in [2.45, 2.75) is 44.5 Å². The van der Waals surface area contributed by atoms with Gasteiger partial charge in [0.15, 0.2) is 5.65 Å². The van der Waals surface area contributed by atoms with E-state index in [4.69, 9.17) is 5.73 Å². The molecule has 0 aliphatic heterocycles. The number of urea groups is 1. The number of nitrogens with two attached hydrogens (primary N) is 1. The van der Waals surface area contributed by atoms with Crippen LogP contribution in [-0.2, 0) is 18.4 Å². The summed E-state index contributed by atoms with van der Waals surface area (Å²) >= 11 is 0.994. The van der Waals surface area contributed by atoms with Gasteiger partial charge in [0.25, 0.3) is 5.56 Å². The fraction of sp³-hybridized carbons (Fsp3) is 0.500. The van der Waals surface area contributed by atoms with Gasteiger partial charge < -0.3 is 5.73 Å². The molecule has 146 valence electrons. The quantitative estimate of drug-likeness (QED) is 0.542. The second-order valence-corrected chi connectivity index (χ2v) is 7.87. The second kappa shape index (κ2) is 7.91. The summed E-state index contributed by atoms with van der Waals surface area (Å²) in [5.41, 5.74) is 4.19. The number of thioether (sulfide) groups is 1. The lowest BCUT2D eigenvalue weighted by molar-refractivity contribution is -0.119. The van der Waals surface area contributed by atoms with Crippen molar-refractivity contribution in [2.75, 3.05) is 0 Å². The number of carbonyl (C=O) groups excluding carboxylic acids is 2. The lowest BCUT2D eigenvalue weighted by Gasteiger charge is -2.16. The zero-order chi connectivity index (χ0) is 20.5. The van der Waals surface area contributed by atoms with Crippen molar-refractivity contribution in [3.63, 3.8) is 0 Å². The molecule has 0 aliphatic rings. The van der Waals surface area contributed by atoms with Crippen LogP contribution >= 0.6 is 11.8 Å². The van der Waals surface area contributed by atoms with E-state index in [1.165, 1.54) is 11.6 Å². The Morgan fingerprint density at radius 2 is 1.85 bits per heavy atom. The molecule has 0 aromatic carbocycles. The summed E-state index contributed by atoms with van der Waals surface area (Å²) in [6, 6.07) is -0.960. The lowest BCUT2D eigenvalue weighted by Crippen LogP contribution is -2.40. The third kappa shape index (κ3) is 4.35. The average molecular weight is 394 g/mol. The molecule has 0 fully saturated rings. The number of nitrogens with zero attached hydrogens (tertiary/aromatic N) is 4. The number of aromatic nitrogens is 4. The summed E-state index contributed by atoms with van der Waals surface area (Å²) in [6.45, 7) is 7.47. The summed E-state index contributed by atoms with van der Waals surface area (Å²) in [6.07, 6.45) is 0. The molecule has 3 N–H and O–H groups in total. The molecule has 1 unspecified atom stereocenters. The Hall–Kier alpha value is -2.69. The molecule has 10 nitrogen and oxygen atoms in total. The average Bonchev–Trinajstić information content (AvgIpc) is 2.55. The van der Waals surface area contributed by atoms with Gasteiger partial charge in [0.2, 0.25) is 5.91 Å². The maximum atomic E-state index is 12.7. The second-order valence-electron chi connectivity index (χ2n) is 6.54. The highest BCUT2D eigenvalue weighted by atomic mass is 32.2. The smallest absolute Gasteiger partial charge is 0.332 e. The Labute approximate surface area is 159 Å². The number of hydrogen-bond acceptors (Lipinski definition) is 7. The fourth-order valence-corrected chi connectivity index (χ4v) is 3.48. The zero-order valence-corrected chi connectivity index (χ0v) is 16.6. The van der Waals surface area contributed by atoms with Gasteiger partial charge in [0.05, 0.1) is 5.25 Å². The number of aryl methyl sites for hydroxylation is 1. The van der Waals surface area contributed by atoms with Crippen LogP contribution in [0.1, 0.15) is 26.6 Å². The molecule has 2 aromatic rings. The van der Waals surface area contributed by atoms with Crippen LogP contribution in [-0.4, -0.2) is 36.3 Å². The van der Waals surface area contributed by atoms with E-state index in [0.29, 0.717) is 12.4 Å². The minimum atomic E-state index is -0.960. The van der Waals surface area contributed by atoms with Crippen molar-refractivity contribution < 1.29 is 9.59 Å². The molecule has 0 spiro atoms. The van der Waals surface area contributed by atoms with Crippen LogP contribution in [0.25, 0.3) is 11.0 Å². The van der Waals surface area contributed by atoms with Crippen LogP contribution < -0.4 is 22.3 Å². The molecule has 0 radical (unpaired) electrons. The first-order valence-corrected chi connectivity index (χ1v) is 9.16. The molecular formula is C16H22N6O4S. The molecule has 2 heterocycles. The van der Waals surface area contributed by atoms with Gasteiger partial charge in [-0.3, -0.25) is 24.0 Å². The minimum absolute atomic E-state index is 0.148. The van der Waals surface area contributed by atoms with E-state index < -0.39 is 28.4 Å². The summed E-state index contributed by atoms with van der Waals surface area (Å²) < 4.78 is 2.44. The van der Waals surface area contributed by atoms with Gasteiger partial charge in [-0.25, -0.2) is 19.6 Å². The molecular weight excluding hydrogens is 372 g/mol. The van der Waals surface area contributed by atoms with E-state index in [1.54, 1.807) is 13.8 Å². The van der Waals surface area contributed by atoms with Crippen LogP contribution in [0.3, 0.4) is 0 Å². The molecule has 0 aliphatic carbocycles. The van der Waals surface area contributed by atoms with E-state index in [0.717, 1.165) is 16.3 Å². The highest BCUT2D eigenvalue weighted by Crippen LogP contribution is 2.26. The van der Waals surface area contributed by atoms with Gasteiger partial charge in [0.1, 0.15) is 16.2 Å². The summed E-state index contributed by atoms with van der Waals surface area (Å²) in [5.74, 6) is -0.100. The Kier molecular flexibility index (Phi) is 6.04. The van der Waals surface area contributed by atoms with Crippen LogP contribution in [0, 0.1) is 12.8 Å². The third-order valence-corrected chi connectivity index (χ3v) is 4.80. The van der Waals surface area contributed by atoms with Crippen LogP contribution in [0.15, 0.2) is 14.6 Å². The number of carbonyl (C=O) groups is 2. The van der Waals surface area contributed by atoms with E-state index in [2.05, 4.69) is 9.97 Å². The van der Waals surface area contributed by atoms with Gasteiger partial charge in [-0.2, -0.15) is 0 Å². The highest BCUT2D eigenvalue weighted by molar-refractivity contribution is 8.00. The van der Waals surface area contributed by atoms with E-state index in [-0.39, 0.29) is 22.0 Å². The maximum Gasteiger partial charge on any atom is 0.332 e. The first-order chi connectivity index (χ1) is 12.5. The Bertz CT molecular complexity index is 1030. The minimum Gasteiger partial charge on any atom is -0.351 e. The monoisotopic (exact) mass is 394 g/mol. The number of amides is 3. The normalized spacial score (nSPS) is 12.4. The summed E-state index contributed by atoms with van der Waals surface area (Å²) in [7, 11) is 1.39. The molecule has 27 heavy (non-hydrogen) atoms. The van der Waals surface area contributed by atoms with Crippen LogP contribution in [0.5, 0.6) is 0 Å². The van der Waals surface area contributed by atoms with Crippen LogP contribution in [0.2, 0.25) is 0 Å². The predicted octanol–water partition coefficient (Wildman–Crippen LogP) is 0.130. The molecule has 0 bridgehead atoms. The molecule has 1 atom stereocenters. The van der Waals surface area contributed by atoms with Gasteiger partial charge in [-0.1, -0.05) is 25.6 Å². The summed E-state index contributed by atoms with van der Waals surface area (Å²) in [4.78, 5) is 56.7. The number of rotatable bonds is 5. The Balaban J connectivity index is 2.69. The highest BCUT2D eigenvalue weighted by Gasteiger charge is 2.23. The van der Waals surface area contributed by atoms with Crippen molar-refractivity contribution in [3.05, 3.63) is 26.7 Å². The van der Waals surface area contributed by atoms with Crippen molar-refractivity contribution in [3.8, 4) is 0 Å². The molecule has 11 heteroatoms. The number of imide groups is 1. The molecule has 0 saturated carbocycles. The molecule has 2 aromatic heterocycles. The number of fused-ring (bicyclic) bond motifs is 1. The van der Waals surface area contributed by atoms with Gasteiger partial charge in [-0.05, 0) is 19.8 Å². The van der Waals surface area contributed by atoms with Gasteiger partial charge in [-0.15, -0.1) is 0 Å². The van der Waals surface area contributed by atoms with Crippen molar-refractivity contribution in [1.82, 2.24) is 24.4 Å². The zero-order valence-electron chi connectivity index (χ0n) is 15.8. The maximum absolute atomic E-state index is 12.7. The predicted molar refractivity (Wildman–Crippen MR) is 102 cm³/mol. The number of nitrogens with one attached hydrogen (secondary N) is 1. The molecule has 0 saturated heterocycles. The standard InChI is InChI=1S/C16H22N6O4S/c1-7(2)6-22-11-10(14(24)21(5)16(22)26)13(19-9(4)18-11)27-8(3)12(23)20-15(17)25/h7-8H,6H2,1-5H3,(H3,17,20,23,25). The first kappa shape index (κ1) is 20.6. The number of primary amides is 1.